The molecule has 67 heavy (non-hydrogen) atoms. The highest BCUT2D eigenvalue weighted by Crippen LogP contribution is 2.55. The van der Waals surface area contributed by atoms with Crippen LogP contribution in [0.25, 0.3) is 39.1 Å². The van der Waals surface area contributed by atoms with Gasteiger partial charge in [0.05, 0.1) is 38.2 Å². The third-order valence-electron chi connectivity index (χ3n) is 15.2. The highest BCUT2D eigenvalue weighted by Gasteiger charge is 2.44. The number of fused-ring (bicyclic) bond motifs is 2. The largest absolute Gasteiger partial charge is 0.453 e. The number of carbonyl (C=O) groups is 4. The molecular formula is C54H65N7O6. The number of carbonyl (C=O) groups excluding carboxylic acids is 4. The number of imidazole rings is 1. The minimum atomic E-state index is -0.682. The second kappa shape index (κ2) is 19.2. The number of alkyl carbamates (subject to hydrolysis) is 2. The smallest absolute Gasteiger partial charge is 0.407 e. The molecule has 2 aliphatic carbocycles. The highest BCUT2D eigenvalue weighted by atomic mass is 16.5. The SMILES string of the molecule is COC(=O)N[C@H](C(=O)N1CCC[C@H]1C1=NC=C(c2ccc(-c3ccc(-c4ccc(-c5cnc([C@@H]6CCCN6C(=O)[C@@H](NC(=O)OC)C(C)C)[nH]5)cc4)c4c3C3(CCCC3)CC4)cc2)C1)C(C)C. The predicted octanol–water partition coefficient (Wildman–Crippen LogP) is 9.77. The summed E-state index contributed by atoms with van der Waals surface area (Å²) in [5, 5.41) is 5.48. The zero-order chi connectivity index (χ0) is 47.0. The Balaban J connectivity index is 0.910. The summed E-state index contributed by atoms with van der Waals surface area (Å²) in [6, 6.07) is 20.8. The fourth-order valence-corrected chi connectivity index (χ4v) is 11.7. The third kappa shape index (κ3) is 8.89. The van der Waals surface area contributed by atoms with E-state index in [1.807, 2.05) is 49.9 Å². The molecule has 2 saturated heterocycles. The molecule has 13 nitrogen and oxygen atoms in total. The molecule has 352 valence electrons. The van der Waals surface area contributed by atoms with Crippen molar-refractivity contribution in [1.82, 2.24) is 30.4 Å². The van der Waals surface area contributed by atoms with Gasteiger partial charge < -0.3 is 34.9 Å². The maximum atomic E-state index is 13.8. The summed E-state index contributed by atoms with van der Waals surface area (Å²) in [6.45, 7) is 8.96. The highest BCUT2D eigenvalue weighted by molar-refractivity contribution is 6.04. The van der Waals surface area contributed by atoms with Crippen molar-refractivity contribution in [3.8, 4) is 33.5 Å². The maximum absolute atomic E-state index is 13.8. The van der Waals surface area contributed by atoms with Crippen molar-refractivity contribution >= 4 is 35.3 Å². The van der Waals surface area contributed by atoms with Crippen LogP contribution in [-0.2, 0) is 30.9 Å². The van der Waals surface area contributed by atoms with Crippen LogP contribution in [0.3, 0.4) is 0 Å². The first kappa shape index (κ1) is 45.9. The van der Waals surface area contributed by atoms with Crippen LogP contribution < -0.4 is 10.6 Å². The van der Waals surface area contributed by atoms with Crippen molar-refractivity contribution in [2.24, 2.45) is 16.8 Å². The summed E-state index contributed by atoms with van der Waals surface area (Å²) in [7, 11) is 2.62. The van der Waals surface area contributed by atoms with Gasteiger partial charge in [-0.1, -0.05) is 101 Å². The topological polar surface area (TPSA) is 158 Å². The van der Waals surface area contributed by atoms with Crippen LogP contribution in [-0.4, -0.2) is 94.9 Å². The lowest BCUT2D eigenvalue weighted by molar-refractivity contribution is -0.135. The Labute approximate surface area is 394 Å². The number of hydrogen-bond acceptors (Lipinski definition) is 8. The van der Waals surface area contributed by atoms with Gasteiger partial charge in [0.15, 0.2) is 0 Å². The van der Waals surface area contributed by atoms with E-state index in [0.717, 1.165) is 66.0 Å². The van der Waals surface area contributed by atoms with Crippen LogP contribution in [0.15, 0.2) is 78.1 Å². The third-order valence-corrected chi connectivity index (χ3v) is 15.2. The number of likely N-dealkylation sites (tertiary alicyclic amines) is 2. The van der Waals surface area contributed by atoms with Gasteiger partial charge in [0.2, 0.25) is 11.8 Å². The normalized spacial score (nSPS) is 20.5. The van der Waals surface area contributed by atoms with Crippen LogP contribution in [0.5, 0.6) is 0 Å². The van der Waals surface area contributed by atoms with E-state index in [2.05, 4.69) is 76.3 Å². The number of nitrogens with zero attached hydrogens (tertiary/aromatic N) is 4. The number of H-pyrrole nitrogens is 1. The molecule has 0 unspecified atom stereocenters. The summed E-state index contributed by atoms with van der Waals surface area (Å²) >= 11 is 0. The number of benzene rings is 3. The standard InChI is InChI=1S/C54H65N7O6/c1-32(2)47(58-52(64)66-5)50(62)60-27-9-11-44(60)42-29-38(30-55-42)34-13-15-36(16-14-34)40-22-21-39(41-23-26-54(46(40)41)24-7-8-25-54)35-17-19-37(20-18-35)43-31-56-49(57-43)45-12-10-28-61(45)51(63)48(33(3)4)59-53(65)67-6/h13-22,30-33,44-45,47-48H,7-12,23-29H2,1-6H3,(H,56,57)(H,58,64)(H,59,65)/t44-,45-,47-,48-/m0/s1. The average molecular weight is 908 g/mol. The fraction of sp³-hybridized carbons (Fsp3) is 0.481. The Kier molecular flexibility index (Phi) is 13.1. The minimum absolute atomic E-state index is 0.0815. The van der Waals surface area contributed by atoms with Crippen molar-refractivity contribution in [2.45, 2.75) is 128 Å². The Morgan fingerprint density at radius 1 is 0.687 bits per heavy atom. The summed E-state index contributed by atoms with van der Waals surface area (Å²) in [5.41, 5.74) is 13.5. The molecule has 1 spiro atoms. The fourth-order valence-electron chi connectivity index (χ4n) is 11.7. The Bertz CT molecular complexity index is 2570. The van der Waals surface area contributed by atoms with Crippen molar-refractivity contribution in [1.29, 1.82) is 0 Å². The Hall–Kier alpha value is -6.24. The van der Waals surface area contributed by atoms with Crippen LogP contribution >= 0.6 is 0 Å². The molecule has 4 aromatic rings. The second-order valence-electron chi connectivity index (χ2n) is 19.9. The van der Waals surface area contributed by atoms with Crippen LogP contribution in [0.1, 0.15) is 120 Å². The van der Waals surface area contributed by atoms with Crippen LogP contribution in [0.4, 0.5) is 9.59 Å². The number of ether oxygens (including phenoxy) is 2. The van der Waals surface area contributed by atoms with Crippen molar-refractivity contribution < 1.29 is 28.7 Å². The summed E-state index contributed by atoms with van der Waals surface area (Å²) in [5.74, 6) is 0.366. The molecular weight excluding hydrogens is 843 g/mol. The van der Waals surface area contributed by atoms with Crippen LogP contribution in [0.2, 0.25) is 0 Å². The molecule has 4 atom stereocenters. The van der Waals surface area contributed by atoms with Gasteiger partial charge in [-0.2, -0.15) is 0 Å². The molecule has 3 fully saturated rings. The Morgan fingerprint density at radius 3 is 1.82 bits per heavy atom. The number of aliphatic imine (C=N–C) groups is 1. The van der Waals surface area contributed by atoms with Crippen molar-refractivity contribution in [3.63, 3.8) is 0 Å². The van der Waals surface area contributed by atoms with Gasteiger partial charge in [0.25, 0.3) is 0 Å². The van der Waals surface area contributed by atoms with Gasteiger partial charge in [-0.3, -0.25) is 14.6 Å². The molecule has 0 bridgehead atoms. The lowest BCUT2D eigenvalue weighted by atomic mass is 9.76. The molecule has 5 aliphatic rings. The van der Waals surface area contributed by atoms with Gasteiger partial charge in [0, 0.05) is 31.4 Å². The average Bonchev–Trinajstić information content (AvgIpc) is 4.21. The van der Waals surface area contributed by atoms with Crippen LogP contribution in [0, 0.1) is 11.8 Å². The molecule has 1 aromatic heterocycles. The zero-order valence-corrected chi connectivity index (χ0v) is 39.8. The quantitative estimate of drug-likeness (QED) is 0.128. The van der Waals surface area contributed by atoms with E-state index in [9.17, 15) is 19.2 Å². The second-order valence-corrected chi connectivity index (χ2v) is 19.9. The van der Waals surface area contributed by atoms with E-state index >= 15 is 0 Å². The number of methoxy groups -OCH3 is 2. The summed E-state index contributed by atoms with van der Waals surface area (Å²) in [6.07, 6.45) is 13.9. The molecule has 1 saturated carbocycles. The number of hydrogen-bond donors (Lipinski definition) is 3. The summed E-state index contributed by atoms with van der Waals surface area (Å²) < 4.78 is 9.63. The van der Waals surface area contributed by atoms with Gasteiger partial charge in [-0.05, 0) is 119 Å². The van der Waals surface area contributed by atoms with Crippen molar-refractivity contribution in [3.05, 3.63) is 95.6 Å². The predicted molar refractivity (Wildman–Crippen MR) is 260 cm³/mol. The van der Waals surface area contributed by atoms with Gasteiger partial charge in [0.1, 0.15) is 17.9 Å². The number of allylic oxidation sites excluding steroid dienone is 1. The van der Waals surface area contributed by atoms with E-state index in [-0.39, 0.29) is 41.1 Å². The van der Waals surface area contributed by atoms with Gasteiger partial charge in [-0.25, -0.2) is 14.6 Å². The van der Waals surface area contributed by atoms with E-state index in [1.165, 1.54) is 79.7 Å². The first-order valence-electron chi connectivity index (χ1n) is 24.4. The molecule has 9 rings (SSSR count). The van der Waals surface area contributed by atoms with Gasteiger partial charge in [-0.15, -0.1) is 0 Å². The molecule has 4 amide bonds. The molecule has 3 aromatic carbocycles. The number of rotatable bonds is 12. The van der Waals surface area contributed by atoms with E-state index in [0.29, 0.717) is 19.5 Å². The minimum Gasteiger partial charge on any atom is -0.453 e. The van der Waals surface area contributed by atoms with E-state index in [1.54, 1.807) is 0 Å². The molecule has 0 radical (unpaired) electrons. The number of aromatic nitrogens is 2. The first-order valence-corrected chi connectivity index (χ1v) is 24.4. The zero-order valence-electron chi connectivity index (χ0n) is 39.8. The lowest BCUT2D eigenvalue weighted by Crippen LogP contribution is -2.53. The summed E-state index contributed by atoms with van der Waals surface area (Å²) in [4.78, 5) is 68.6. The Morgan fingerprint density at radius 2 is 1.22 bits per heavy atom. The molecule has 4 heterocycles. The van der Waals surface area contributed by atoms with Gasteiger partial charge >= 0.3 is 12.2 Å². The number of nitrogens with one attached hydrogen (secondary N) is 3. The number of amides is 4. The van der Waals surface area contributed by atoms with Crippen molar-refractivity contribution in [2.75, 3.05) is 27.3 Å². The lowest BCUT2D eigenvalue weighted by Gasteiger charge is -2.31. The molecule has 3 N–H and O–H groups in total. The number of aromatic amines is 1. The van der Waals surface area contributed by atoms with E-state index in [4.69, 9.17) is 19.5 Å². The molecule has 13 heteroatoms. The van der Waals surface area contributed by atoms with E-state index < -0.39 is 24.3 Å². The molecule has 3 aliphatic heterocycles. The monoisotopic (exact) mass is 907 g/mol. The maximum Gasteiger partial charge on any atom is 0.407 e. The first-order chi connectivity index (χ1) is 32.4.